The second-order valence-corrected chi connectivity index (χ2v) is 6.67. The van der Waals surface area contributed by atoms with Gasteiger partial charge in [0.25, 0.3) is 0 Å². The quantitative estimate of drug-likeness (QED) is 0.930. The van der Waals surface area contributed by atoms with Crippen molar-refractivity contribution >= 4 is 5.91 Å². The second kappa shape index (κ2) is 7.27. The number of carbonyl (C=O) groups excluding carboxylic acids is 1. The van der Waals surface area contributed by atoms with Crippen LogP contribution in [0.25, 0.3) is 0 Å². The zero-order valence-electron chi connectivity index (χ0n) is 13.5. The first-order valence-corrected chi connectivity index (χ1v) is 8.63. The van der Waals surface area contributed by atoms with Crippen LogP contribution in [-0.2, 0) is 9.53 Å². The number of carbonyl (C=O) groups is 1. The van der Waals surface area contributed by atoms with Gasteiger partial charge in [-0.05, 0) is 19.3 Å². The summed E-state index contributed by atoms with van der Waals surface area (Å²) in [6, 6.07) is -0.0543. The Morgan fingerprint density at radius 1 is 1.41 bits per heavy atom. The summed E-state index contributed by atoms with van der Waals surface area (Å²) >= 11 is 0. The van der Waals surface area contributed by atoms with Crippen molar-refractivity contribution in [3.63, 3.8) is 0 Å². The Morgan fingerprint density at radius 3 is 2.95 bits per heavy atom. The molecule has 1 aliphatic heterocycles. The number of morpholine rings is 1. The van der Waals surface area contributed by atoms with E-state index in [-0.39, 0.29) is 11.9 Å². The Bertz CT molecular complexity index is 494. The molecule has 5 nitrogen and oxygen atoms in total. The minimum atomic E-state index is -0.0543. The van der Waals surface area contributed by atoms with Crippen LogP contribution in [0.5, 0.6) is 0 Å². The predicted octanol–water partition coefficient (Wildman–Crippen LogP) is 2.98. The number of H-pyrrole nitrogens is 1. The standard InChI is InChI=1S/C17H27N3O2/c1-13-11-18-17(19-13)15-12-22-10-9-20(15)16(21)8-7-14-5-3-2-4-6-14/h11,14-15H,2-10,12H2,1H3,(H,18,19)/t15-/m0/s1. The van der Waals surface area contributed by atoms with Crippen molar-refractivity contribution in [3.05, 3.63) is 17.7 Å². The van der Waals surface area contributed by atoms with Crippen LogP contribution in [0.15, 0.2) is 6.20 Å². The first-order valence-electron chi connectivity index (χ1n) is 8.63. The van der Waals surface area contributed by atoms with Crippen LogP contribution in [0.4, 0.5) is 0 Å². The molecule has 1 saturated carbocycles. The molecule has 2 fully saturated rings. The van der Waals surface area contributed by atoms with Gasteiger partial charge in [-0.2, -0.15) is 0 Å². The van der Waals surface area contributed by atoms with Gasteiger partial charge in [0.05, 0.1) is 13.2 Å². The van der Waals surface area contributed by atoms with E-state index in [2.05, 4.69) is 9.97 Å². The topological polar surface area (TPSA) is 58.2 Å². The molecule has 1 aliphatic carbocycles. The van der Waals surface area contributed by atoms with Gasteiger partial charge < -0.3 is 14.6 Å². The summed E-state index contributed by atoms with van der Waals surface area (Å²) in [5.41, 5.74) is 1.02. The van der Waals surface area contributed by atoms with Crippen molar-refractivity contribution in [2.45, 2.75) is 57.9 Å². The number of aromatic amines is 1. The van der Waals surface area contributed by atoms with E-state index >= 15 is 0 Å². The molecule has 1 amide bonds. The zero-order chi connectivity index (χ0) is 15.4. The minimum absolute atomic E-state index is 0.0543. The summed E-state index contributed by atoms with van der Waals surface area (Å²) in [5, 5.41) is 0. The molecule has 122 valence electrons. The van der Waals surface area contributed by atoms with Crippen molar-refractivity contribution in [1.29, 1.82) is 0 Å². The van der Waals surface area contributed by atoms with E-state index in [0.29, 0.717) is 26.2 Å². The highest BCUT2D eigenvalue weighted by Gasteiger charge is 2.30. The lowest BCUT2D eigenvalue weighted by atomic mass is 9.86. The maximum absolute atomic E-state index is 12.7. The first kappa shape index (κ1) is 15.5. The van der Waals surface area contributed by atoms with Gasteiger partial charge in [-0.1, -0.05) is 32.1 Å². The highest BCUT2D eigenvalue weighted by atomic mass is 16.5. The van der Waals surface area contributed by atoms with Gasteiger partial charge in [-0.25, -0.2) is 4.98 Å². The molecule has 22 heavy (non-hydrogen) atoms. The average molecular weight is 305 g/mol. The largest absolute Gasteiger partial charge is 0.377 e. The smallest absolute Gasteiger partial charge is 0.223 e. The number of nitrogens with zero attached hydrogens (tertiary/aromatic N) is 2. The first-order chi connectivity index (χ1) is 10.7. The fraction of sp³-hybridized carbons (Fsp3) is 0.765. The lowest BCUT2D eigenvalue weighted by Gasteiger charge is -2.35. The van der Waals surface area contributed by atoms with Crippen LogP contribution < -0.4 is 0 Å². The maximum atomic E-state index is 12.7. The van der Waals surface area contributed by atoms with Crippen molar-refractivity contribution < 1.29 is 9.53 Å². The molecule has 5 heteroatoms. The molecule has 1 saturated heterocycles. The van der Waals surface area contributed by atoms with E-state index in [0.717, 1.165) is 23.9 Å². The van der Waals surface area contributed by atoms with Crippen LogP contribution in [0.3, 0.4) is 0 Å². The number of hydrogen-bond donors (Lipinski definition) is 1. The van der Waals surface area contributed by atoms with Crippen molar-refractivity contribution in [3.8, 4) is 0 Å². The lowest BCUT2D eigenvalue weighted by Crippen LogP contribution is -2.43. The van der Waals surface area contributed by atoms with Crippen molar-refractivity contribution in [2.75, 3.05) is 19.8 Å². The number of nitrogens with one attached hydrogen (secondary N) is 1. The second-order valence-electron chi connectivity index (χ2n) is 6.67. The van der Waals surface area contributed by atoms with Crippen LogP contribution >= 0.6 is 0 Å². The van der Waals surface area contributed by atoms with E-state index in [1.165, 1.54) is 32.1 Å². The number of aromatic nitrogens is 2. The summed E-state index contributed by atoms with van der Waals surface area (Å²) in [5.74, 6) is 1.86. The molecular formula is C17H27N3O2. The Kier molecular flexibility index (Phi) is 5.13. The van der Waals surface area contributed by atoms with Gasteiger partial charge in [-0.15, -0.1) is 0 Å². The van der Waals surface area contributed by atoms with Crippen LogP contribution in [-0.4, -0.2) is 40.5 Å². The molecule has 1 aromatic rings. The zero-order valence-corrected chi connectivity index (χ0v) is 13.5. The Morgan fingerprint density at radius 2 is 2.23 bits per heavy atom. The van der Waals surface area contributed by atoms with Crippen molar-refractivity contribution in [1.82, 2.24) is 14.9 Å². The monoisotopic (exact) mass is 305 g/mol. The van der Waals surface area contributed by atoms with E-state index in [4.69, 9.17) is 4.74 Å². The van der Waals surface area contributed by atoms with Gasteiger partial charge in [0, 0.05) is 24.9 Å². The SMILES string of the molecule is Cc1cnc([C@@H]2COCCN2C(=O)CCC2CCCCC2)[nH]1. The summed E-state index contributed by atoms with van der Waals surface area (Å²) in [6.07, 6.45) is 10.2. The van der Waals surface area contributed by atoms with E-state index in [1.54, 1.807) is 0 Å². The summed E-state index contributed by atoms with van der Waals surface area (Å²) in [6.45, 7) is 3.83. The Balaban J connectivity index is 1.58. The van der Waals surface area contributed by atoms with Gasteiger partial charge in [0.15, 0.2) is 0 Å². The van der Waals surface area contributed by atoms with Crippen molar-refractivity contribution in [2.24, 2.45) is 5.92 Å². The molecule has 0 unspecified atom stereocenters. The van der Waals surface area contributed by atoms with Crippen LogP contribution in [0.1, 0.15) is 62.5 Å². The molecule has 1 aromatic heterocycles. The Hall–Kier alpha value is -1.36. The third kappa shape index (κ3) is 3.69. The van der Waals surface area contributed by atoms with Crippen LogP contribution in [0, 0.1) is 12.8 Å². The number of imidazole rings is 1. The van der Waals surface area contributed by atoms with Gasteiger partial charge in [0.2, 0.25) is 5.91 Å². The number of ether oxygens (including phenoxy) is 1. The molecule has 0 aromatic carbocycles. The number of hydrogen-bond acceptors (Lipinski definition) is 3. The van der Waals surface area contributed by atoms with E-state index < -0.39 is 0 Å². The van der Waals surface area contributed by atoms with E-state index in [9.17, 15) is 4.79 Å². The third-order valence-corrected chi connectivity index (χ3v) is 4.98. The lowest BCUT2D eigenvalue weighted by molar-refractivity contribution is -0.140. The molecular weight excluding hydrogens is 278 g/mol. The average Bonchev–Trinajstić information content (AvgIpc) is 3.00. The molecule has 3 rings (SSSR count). The predicted molar refractivity (Wildman–Crippen MR) is 84.4 cm³/mol. The minimum Gasteiger partial charge on any atom is -0.377 e. The normalized spacial score (nSPS) is 23.7. The molecule has 2 heterocycles. The summed E-state index contributed by atoms with van der Waals surface area (Å²) < 4.78 is 5.57. The summed E-state index contributed by atoms with van der Waals surface area (Å²) in [4.78, 5) is 22.3. The van der Waals surface area contributed by atoms with Gasteiger partial charge in [-0.3, -0.25) is 4.79 Å². The maximum Gasteiger partial charge on any atom is 0.223 e. The molecule has 1 N–H and O–H groups in total. The highest BCUT2D eigenvalue weighted by molar-refractivity contribution is 5.76. The molecule has 1 atom stereocenters. The molecule has 0 radical (unpaired) electrons. The number of amides is 1. The fourth-order valence-corrected chi connectivity index (χ4v) is 3.68. The molecule has 0 bridgehead atoms. The summed E-state index contributed by atoms with van der Waals surface area (Å²) in [7, 11) is 0. The third-order valence-electron chi connectivity index (χ3n) is 4.98. The van der Waals surface area contributed by atoms with Gasteiger partial charge in [0.1, 0.15) is 11.9 Å². The Labute approximate surface area is 132 Å². The highest BCUT2D eigenvalue weighted by Crippen LogP contribution is 2.29. The fourth-order valence-electron chi connectivity index (χ4n) is 3.68. The van der Waals surface area contributed by atoms with E-state index in [1.807, 2.05) is 18.0 Å². The molecule has 0 spiro atoms. The molecule has 2 aliphatic rings. The number of rotatable bonds is 4. The van der Waals surface area contributed by atoms with Gasteiger partial charge >= 0.3 is 0 Å². The van der Waals surface area contributed by atoms with Crippen LogP contribution in [0.2, 0.25) is 0 Å². The number of aryl methyl sites for hydroxylation is 1.